The molecule has 1 aliphatic heterocycles. The van der Waals surface area contributed by atoms with Crippen LogP contribution in [0.15, 0.2) is 41.3 Å². The van der Waals surface area contributed by atoms with Crippen LogP contribution in [0.4, 0.5) is 11.4 Å². The van der Waals surface area contributed by atoms with Gasteiger partial charge in [-0.3, -0.25) is 9.52 Å². The second kappa shape index (κ2) is 6.81. The molecule has 0 aliphatic carbocycles. The number of amides is 1. The molecule has 1 saturated heterocycles. The second-order valence-corrected chi connectivity index (χ2v) is 10.3. The van der Waals surface area contributed by atoms with Gasteiger partial charge in [0.05, 0.1) is 22.0 Å². The Bertz CT molecular complexity index is 1140. The number of aryl methyl sites for hydroxylation is 2. The minimum atomic E-state index is -3.93. The molecule has 144 valence electrons. The molecular formula is C17H17ClN2O5S2. The molecular weight excluding hydrogens is 412 g/mol. The van der Waals surface area contributed by atoms with Crippen molar-refractivity contribution < 1.29 is 21.6 Å². The van der Waals surface area contributed by atoms with Gasteiger partial charge in [0, 0.05) is 11.4 Å². The van der Waals surface area contributed by atoms with E-state index < -0.39 is 26.0 Å². The van der Waals surface area contributed by atoms with E-state index in [9.17, 15) is 21.6 Å². The highest BCUT2D eigenvalue weighted by atomic mass is 35.5. The molecule has 1 amide bonds. The number of halogens is 1. The SMILES string of the molecule is Cc1ccc(Cl)cc1NS(=O)(=O)c1ccc(N2C(=O)CCS2(=O)=O)cc1C. The monoisotopic (exact) mass is 428 g/mol. The van der Waals surface area contributed by atoms with Gasteiger partial charge >= 0.3 is 0 Å². The van der Waals surface area contributed by atoms with E-state index in [2.05, 4.69) is 4.72 Å². The number of sulfonamides is 2. The van der Waals surface area contributed by atoms with Crippen molar-refractivity contribution in [3.05, 3.63) is 52.5 Å². The lowest BCUT2D eigenvalue weighted by atomic mass is 10.2. The van der Waals surface area contributed by atoms with Crippen LogP contribution in [0.1, 0.15) is 17.5 Å². The third-order valence-electron chi connectivity index (χ3n) is 4.21. The third-order valence-corrected chi connectivity index (χ3v) is 7.66. The number of hydrogen-bond donors (Lipinski definition) is 1. The van der Waals surface area contributed by atoms with E-state index in [0.717, 1.165) is 4.31 Å². The molecule has 0 atom stereocenters. The van der Waals surface area contributed by atoms with Crippen LogP contribution < -0.4 is 9.03 Å². The van der Waals surface area contributed by atoms with E-state index in [0.29, 0.717) is 21.8 Å². The maximum absolute atomic E-state index is 12.8. The number of rotatable bonds is 4. The largest absolute Gasteiger partial charge is 0.279 e. The lowest BCUT2D eigenvalue weighted by Gasteiger charge is -2.17. The van der Waals surface area contributed by atoms with Crippen molar-refractivity contribution in [1.29, 1.82) is 0 Å². The van der Waals surface area contributed by atoms with Crippen LogP contribution in [0, 0.1) is 13.8 Å². The van der Waals surface area contributed by atoms with Crippen molar-refractivity contribution in [2.24, 2.45) is 0 Å². The number of carbonyl (C=O) groups is 1. The molecule has 0 unspecified atom stereocenters. The normalized spacial score (nSPS) is 16.6. The highest BCUT2D eigenvalue weighted by molar-refractivity contribution is 7.94. The molecule has 2 aromatic carbocycles. The molecule has 27 heavy (non-hydrogen) atoms. The molecule has 3 rings (SSSR count). The average molecular weight is 429 g/mol. The fraction of sp³-hybridized carbons (Fsp3) is 0.235. The zero-order chi connectivity index (χ0) is 20.0. The number of nitrogens with one attached hydrogen (secondary N) is 1. The minimum Gasteiger partial charge on any atom is -0.279 e. The summed E-state index contributed by atoms with van der Waals surface area (Å²) in [5, 5.41) is 0.392. The highest BCUT2D eigenvalue weighted by Crippen LogP contribution is 2.30. The minimum absolute atomic E-state index is 0.0188. The first kappa shape index (κ1) is 19.7. The Balaban J connectivity index is 1.98. The zero-order valence-corrected chi connectivity index (χ0v) is 17.0. The lowest BCUT2D eigenvalue weighted by Crippen LogP contribution is -2.29. The zero-order valence-electron chi connectivity index (χ0n) is 14.6. The van der Waals surface area contributed by atoms with Crippen LogP contribution >= 0.6 is 11.6 Å². The molecule has 1 N–H and O–H groups in total. The molecule has 1 heterocycles. The van der Waals surface area contributed by atoms with Crippen molar-refractivity contribution >= 4 is 48.9 Å². The van der Waals surface area contributed by atoms with Crippen molar-refractivity contribution in [2.45, 2.75) is 25.2 Å². The highest BCUT2D eigenvalue weighted by Gasteiger charge is 2.36. The number of carbonyl (C=O) groups excluding carboxylic acids is 1. The second-order valence-electron chi connectivity index (χ2n) is 6.24. The fourth-order valence-electron chi connectivity index (χ4n) is 2.83. The van der Waals surface area contributed by atoms with Gasteiger partial charge in [-0.1, -0.05) is 17.7 Å². The van der Waals surface area contributed by atoms with E-state index in [1.165, 1.54) is 31.2 Å². The van der Waals surface area contributed by atoms with E-state index in [1.54, 1.807) is 19.1 Å². The summed E-state index contributed by atoms with van der Waals surface area (Å²) in [6, 6.07) is 8.83. The lowest BCUT2D eigenvalue weighted by molar-refractivity contribution is -0.116. The molecule has 0 saturated carbocycles. The smallest absolute Gasteiger partial charge is 0.262 e. The summed E-state index contributed by atoms with van der Waals surface area (Å²) in [7, 11) is -7.64. The Kier molecular flexibility index (Phi) is 4.96. The Labute approximate surface area is 163 Å². The Morgan fingerprint density at radius 2 is 1.78 bits per heavy atom. The maximum Gasteiger partial charge on any atom is 0.262 e. The van der Waals surface area contributed by atoms with Gasteiger partial charge in [-0.25, -0.2) is 21.1 Å². The molecule has 0 radical (unpaired) electrons. The summed E-state index contributed by atoms with van der Waals surface area (Å²) in [5.41, 5.74) is 1.50. The molecule has 0 aromatic heterocycles. The summed E-state index contributed by atoms with van der Waals surface area (Å²) >= 11 is 5.93. The third kappa shape index (κ3) is 3.80. The molecule has 1 fully saturated rings. The van der Waals surface area contributed by atoms with Crippen LogP contribution in [-0.2, 0) is 24.8 Å². The van der Waals surface area contributed by atoms with Gasteiger partial charge in [0.15, 0.2) is 0 Å². The fourth-order valence-corrected chi connectivity index (χ4v) is 5.81. The van der Waals surface area contributed by atoms with E-state index >= 15 is 0 Å². The maximum atomic E-state index is 12.8. The first-order valence-electron chi connectivity index (χ1n) is 7.97. The van der Waals surface area contributed by atoms with Gasteiger partial charge in [-0.2, -0.15) is 0 Å². The molecule has 7 nitrogen and oxygen atoms in total. The van der Waals surface area contributed by atoms with Crippen LogP contribution in [0.3, 0.4) is 0 Å². The molecule has 10 heteroatoms. The number of anilines is 2. The number of nitrogens with zero attached hydrogens (tertiary/aromatic N) is 1. The van der Waals surface area contributed by atoms with Crippen LogP contribution in [0.25, 0.3) is 0 Å². The van der Waals surface area contributed by atoms with Crippen LogP contribution in [0.5, 0.6) is 0 Å². The number of benzene rings is 2. The van der Waals surface area contributed by atoms with Crippen molar-refractivity contribution in [2.75, 3.05) is 14.8 Å². The van der Waals surface area contributed by atoms with Gasteiger partial charge in [-0.15, -0.1) is 0 Å². The molecule has 2 aromatic rings. The quantitative estimate of drug-likeness (QED) is 0.806. The molecule has 0 spiro atoms. The van der Waals surface area contributed by atoms with Gasteiger partial charge < -0.3 is 0 Å². The summed E-state index contributed by atoms with van der Waals surface area (Å²) in [6.45, 7) is 3.28. The Morgan fingerprint density at radius 3 is 2.37 bits per heavy atom. The Morgan fingerprint density at radius 1 is 1.07 bits per heavy atom. The number of hydrogen-bond acceptors (Lipinski definition) is 5. The van der Waals surface area contributed by atoms with Crippen molar-refractivity contribution in [3.8, 4) is 0 Å². The summed E-state index contributed by atoms with van der Waals surface area (Å²) in [5.74, 6) is -0.779. The Hall–Kier alpha value is -2.10. The summed E-state index contributed by atoms with van der Waals surface area (Å²) < 4.78 is 52.8. The first-order valence-corrected chi connectivity index (χ1v) is 11.4. The summed E-state index contributed by atoms with van der Waals surface area (Å²) in [4.78, 5) is 11.9. The van der Waals surface area contributed by atoms with Crippen LogP contribution in [-0.4, -0.2) is 28.5 Å². The predicted molar refractivity (Wildman–Crippen MR) is 104 cm³/mol. The molecule has 1 aliphatic rings. The van der Waals surface area contributed by atoms with Gasteiger partial charge in [-0.05, 0) is 55.3 Å². The summed E-state index contributed by atoms with van der Waals surface area (Å²) in [6.07, 6.45) is -0.0863. The van der Waals surface area contributed by atoms with Gasteiger partial charge in [0.25, 0.3) is 10.0 Å². The average Bonchev–Trinajstić information content (AvgIpc) is 2.83. The van der Waals surface area contributed by atoms with Crippen LogP contribution in [0.2, 0.25) is 5.02 Å². The topological polar surface area (TPSA) is 101 Å². The van der Waals surface area contributed by atoms with E-state index in [4.69, 9.17) is 11.6 Å². The standard InChI is InChI=1S/C17H17ClN2O5S2/c1-11-3-4-13(18)10-15(11)19-27(24,25)16-6-5-14(9-12(16)2)20-17(21)7-8-26(20,22)23/h3-6,9-10,19H,7-8H2,1-2H3. The van der Waals surface area contributed by atoms with Crippen molar-refractivity contribution in [3.63, 3.8) is 0 Å². The predicted octanol–water partition coefficient (Wildman–Crippen LogP) is 2.82. The first-order chi connectivity index (χ1) is 12.5. The molecule has 0 bridgehead atoms. The van der Waals surface area contributed by atoms with Gasteiger partial charge in [0.2, 0.25) is 15.9 Å². The van der Waals surface area contributed by atoms with Gasteiger partial charge in [0.1, 0.15) is 0 Å². The van der Waals surface area contributed by atoms with Crippen molar-refractivity contribution in [1.82, 2.24) is 0 Å². The van der Waals surface area contributed by atoms with E-state index in [-0.39, 0.29) is 22.8 Å². The van der Waals surface area contributed by atoms with E-state index in [1.807, 2.05) is 0 Å².